The average Bonchev–Trinajstić information content (AvgIpc) is 3.41. The van der Waals surface area contributed by atoms with Gasteiger partial charge in [-0.25, -0.2) is 9.18 Å². The normalized spacial score (nSPS) is 17.6. The third-order valence-electron chi connectivity index (χ3n) is 6.73. The van der Waals surface area contributed by atoms with Crippen LogP contribution in [0.4, 0.5) is 9.18 Å². The maximum absolute atomic E-state index is 13.5. The Bertz CT molecular complexity index is 1170. The van der Waals surface area contributed by atoms with Crippen molar-refractivity contribution in [3.05, 3.63) is 65.6 Å². The second kappa shape index (κ2) is 8.64. The van der Waals surface area contributed by atoms with Crippen LogP contribution in [0.2, 0.25) is 0 Å². The van der Waals surface area contributed by atoms with Crippen LogP contribution >= 0.6 is 0 Å². The molecule has 7 heteroatoms. The van der Waals surface area contributed by atoms with Crippen molar-refractivity contribution in [3.8, 4) is 11.8 Å². The summed E-state index contributed by atoms with van der Waals surface area (Å²) in [6.45, 7) is 5.22. The molecule has 2 fully saturated rings. The maximum atomic E-state index is 13.5. The Morgan fingerprint density at radius 2 is 1.84 bits per heavy atom. The van der Waals surface area contributed by atoms with E-state index >= 15 is 0 Å². The van der Waals surface area contributed by atoms with Gasteiger partial charge in [0.05, 0.1) is 17.1 Å². The number of carbonyl (C=O) groups is 1. The molecule has 6 nitrogen and oxygen atoms in total. The molecule has 164 valence electrons. The highest BCUT2D eigenvalue weighted by atomic mass is 19.1. The Labute approximate surface area is 186 Å². The molecule has 2 aromatic carbocycles. The molecule has 0 bridgehead atoms. The maximum Gasteiger partial charge on any atom is 0.317 e. The topological polar surface area (TPSA) is 64.3 Å². The predicted octanol–water partition coefficient (Wildman–Crippen LogP) is 3.85. The van der Waals surface area contributed by atoms with E-state index in [0.717, 1.165) is 68.7 Å². The van der Waals surface area contributed by atoms with E-state index in [1.807, 2.05) is 23.1 Å². The van der Waals surface area contributed by atoms with Crippen LogP contribution in [0.25, 0.3) is 16.6 Å². The molecule has 2 aliphatic heterocycles. The molecule has 0 radical (unpaired) electrons. The number of carbonyl (C=O) groups excluding carboxylic acids is 1. The molecule has 1 N–H and O–H groups in total. The molecule has 2 amide bonds. The molecule has 5 rings (SSSR count). The van der Waals surface area contributed by atoms with Gasteiger partial charge < -0.3 is 19.7 Å². The van der Waals surface area contributed by atoms with Crippen molar-refractivity contribution in [3.63, 3.8) is 0 Å². The van der Waals surface area contributed by atoms with E-state index in [-0.39, 0.29) is 11.8 Å². The predicted molar refractivity (Wildman–Crippen MR) is 121 cm³/mol. The molecule has 0 saturated carbocycles. The van der Waals surface area contributed by atoms with Gasteiger partial charge in [0, 0.05) is 43.4 Å². The first kappa shape index (κ1) is 20.5. The summed E-state index contributed by atoms with van der Waals surface area (Å²) in [6.07, 6.45) is 4.26. The average molecular weight is 432 g/mol. The summed E-state index contributed by atoms with van der Waals surface area (Å²) in [5, 5.41) is 13.4. The van der Waals surface area contributed by atoms with Crippen molar-refractivity contribution in [2.75, 3.05) is 39.3 Å². The van der Waals surface area contributed by atoms with Gasteiger partial charge in [-0.05, 0) is 73.8 Å². The van der Waals surface area contributed by atoms with Crippen molar-refractivity contribution in [2.45, 2.75) is 18.8 Å². The zero-order valence-corrected chi connectivity index (χ0v) is 17.9. The van der Waals surface area contributed by atoms with Crippen LogP contribution in [0.5, 0.6) is 0 Å². The molecular formula is C25H26FN5O. The summed E-state index contributed by atoms with van der Waals surface area (Å²) in [5.74, 6) is 0.167. The van der Waals surface area contributed by atoms with E-state index < -0.39 is 0 Å². The Morgan fingerprint density at radius 1 is 1.06 bits per heavy atom. The summed E-state index contributed by atoms with van der Waals surface area (Å²) in [7, 11) is 0. The van der Waals surface area contributed by atoms with Crippen LogP contribution in [0, 0.1) is 17.1 Å². The van der Waals surface area contributed by atoms with Crippen molar-refractivity contribution < 1.29 is 9.18 Å². The minimum Gasteiger partial charge on any atom is -0.336 e. The number of fused-ring (bicyclic) bond motifs is 1. The number of nitrogens with one attached hydrogen (secondary N) is 1. The monoisotopic (exact) mass is 431 g/mol. The van der Waals surface area contributed by atoms with Gasteiger partial charge in [0.2, 0.25) is 0 Å². The minimum absolute atomic E-state index is 0.0465. The minimum atomic E-state index is -0.262. The third kappa shape index (κ3) is 3.94. The lowest BCUT2D eigenvalue weighted by molar-refractivity contribution is 0.181. The largest absolute Gasteiger partial charge is 0.336 e. The Hall–Kier alpha value is -3.37. The van der Waals surface area contributed by atoms with Crippen molar-refractivity contribution >= 4 is 16.9 Å². The van der Waals surface area contributed by atoms with Crippen LogP contribution in [0.1, 0.15) is 29.9 Å². The fourth-order valence-electron chi connectivity index (χ4n) is 4.92. The number of nitriles is 1. The second-order valence-electron chi connectivity index (χ2n) is 8.61. The van der Waals surface area contributed by atoms with Crippen molar-refractivity contribution in [2.24, 2.45) is 0 Å². The lowest BCUT2D eigenvalue weighted by Gasteiger charge is -2.32. The van der Waals surface area contributed by atoms with Crippen LogP contribution in [-0.2, 0) is 0 Å². The second-order valence-corrected chi connectivity index (χ2v) is 8.61. The zero-order valence-electron chi connectivity index (χ0n) is 17.9. The van der Waals surface area contributed by atoms with Crippen molar-refractivity contribution in [1.82, 2.24) is 19.7 Å². The Morgan fingerprint density at radius 3 is 2.53 bits per heavy atom. The van der Waals surface area contributed by atoms with E-state index in [4.69, 9.17) is 0 Å². The van der Waals surface area contributed by atoms with Crippen molar-refractivity contribution in [1.29, 1.82) is 5.26 Å². The molecule has 0 spiro atoms. The molecule has 32 heavy (non-hydrogen) atoms. The van der Waals surface area contributed by atoms with E-state index in [9.17, 15) is 14.4 Å². The standard InChI is InChI=1S/C25H26FN5O/c26-20-2-4-21(5-3-20)31-17-23(22-6-1-18(16-27)15-24(22)31)19-7-10-29(11-8-19)13-14-30-12-9-28-25(30)32/h1-6,15,17,19H,7-14H2,(H,28,32). The molecule has 3 heterocycles. The summed E-state index contributed by atoms with van der Waals surface area (Å²) in [6, 6.07) is 14.6. The highest BCUT2D eigenvalue weighted by Crippen LogP contribution is 2.36. The van der Waals surface area contributed by atoms with Crippen LogP contribution in [-0.4, -0.2) is 59.7 Å². The van der Waals surface area contributed by atoms with Gasteiger partial charge >= 0.3 is 6.03 Å². The van der Waals surface area contributed by atoms with Gasteiger partial charge in [-0.15, -0.1) is 0 Å². The quantitative estimate of drug-likeness (QED) is 0.668. The Balaban J connectivity index is 1.36. The van der Waals surface area contributed by atoms with Gasteiger partial charge in [-0.1, -0.05) is 6.07 Å². The smallest absolute Gasteiger partial charge is 0.317 e. The molecule has 2 aliphatic rings. The number of nitrogens with zero attached hydrogens (tertiary/aromatic N) is 4. The van der Waals surface area contributed by atoms with E-state index in [2.05, 4.69) is 27.0 Å². The third-order valence-corrected chi connectivity index (χ3v) is 6.73. The number of halogens is 1. The number of likely N-dealkylation sites (tertiary alicyclic amines) is 1. The number of hydrogen-bond acceptors (Lipinski definition) is 3. The van der Waals surface area contributed by atoms with Crippen LogP contribution < -0.4 is 5.32 Å². The van der Waals surface area contributed by atoms with Gasteiger partial charge in [-0.3, -0.25) is 0 Å². The summed E-state index contributed by atoms with van der Waals surface area (Å²) in [5.41, 5.74) is 3.77. The fraction of sp³-hybridized carbons (Fsp3) is 0.360. The first-order valence-corrected chi connectivity index (χ1v) is 11.2. The summed E-state index contributed by atoms with van der Waals surface area (Å²) < 4.78 is 15.5. The Kier molecular flexibility index (Phi) is 5.54. The fourth-order valence-corrected chi connectivity index (χ4v) is 4.92. The number of piperidine rings is 1. The zero-order chi connectivity index (χ0) is 22.1. The van der Waals surface area contributed by atoms with E-state index in [1.165, 1.54) is 17.7 Å². The first-order valence-electron chi connectivity index (χ1n) is 11.2. The molecule has 3 aromatic rings. The molecule has 2 saturated heterocycles. The number of rotatable bonds is 5. The SMILES string of the molecule is N#Cc1ccc2c(C3CCN(CCN4CCNC4=O)CC3)cn(-c3ccc(F)cc3)c2c1. The lowest BCUT2D eigenvalue weighted by Crippen LogP contribution is -2.40. The molecule has 0 aliphatic carbocycles. The number of aromatic nitrogens is 1. The van der Waals surface area contributed by atoms with Crippen LogP contribution in [0.3, 0.4) is 0 Å². The van der Waals surface area contributed by atoms with Gasteiger partial charge in [0.25, 0.3) is 0 Å². The highest BCUT2D eigenvalue weighted by molar-refractivity contribution is 5.87. The molecule has 0 unspecified atom stereocenters. The number of hydrogen-bond donors (Lipinski definition) is 1. The molecule has 0 atom stereocenters. The number of urea groups is 1. The summed E-state index contributed by atoms with van der Waals surface area (Å²) in [4.78, 5) is 16.1. The van der Waals surface area contributed by atoms with Crippen LogP contribution in [0.15, 0.2) is 48.7 Å². The first-order chi connectivity index (χ1) is 15.6. The lowest BCUT2D eigenvalue weighted by atomic mass is 9.89. The molecular weight excluding hydrogens is 405 g/mol. The highest BCUT2D eigenvalue weighted by Gasteiger charge is 2.26. The van der Waals surface area contributed by atoms with Gasteiger partial charge in [0.15, 0.2) is 0 Å². The van der Waals surface area contributed by atoms with E-state index in [1.54, 1.807) is 12.1 Å². The number of amides is 2. The van der Waals surface area contributed by atoms with Gasteiger partial charge in [0.1, 0.15) is 5.82 Å². The molecule has 1 aromatic heterocycles. The summed E-state index contributed by atoms with van der Waals surface area (Å²) >= 11 is 0. The number of benzene rings is 2. The van der Waals surface area contributed by atoms with Gasteiger partial charge in [-0.2, -0.15) is 5.26 Å². The van der Waals surface area contributed by atoms with E-state index in [0.29, 0.717) is 11.5 Å².